The number of benzene rings is 3. The number of rotatable bonds is 7. The fourth-order valence-corrected chi connectivity index (χ4v) is 5.40. The van der Waals surface area contributed by atoms with Gasteiger partial charge in [0.05, 0.1) is 12.9 Å². The second-order valence-corrected chi connectivity index (χ2v) is 11.1. The Morgan fingerprint density at radius 3 is 2.49 bits per heavy atom. The number of nitrogens with zero attached hydrogens (tertiary/aromatic N) is 6. The van der Waals surface area contributed by atoms with Crippen molar-refractivity contribution in [2.75, 3.05) is 23.3 Å². The van der Waals surface area contributed by atoms with Gasteiger partial charge in [-0.05, 0) is 55.3 Å². The zero-order chi connectivity index (χ0) is 29.9. The highest BCUT2D eigenvalue weighted by molar-refractivity contribution is 6.31. The van der Waals surface area contributed by atoms with E-state index in [1.54, 1.807) is 35.5 Å². The standard InChI is InChI=1S/C32H31ClFN7O2/c1-21-18-41(32(42)43-26-9-4-3-5-10-26)22(2)17-40(21)31-37-29(35-16-23-12-14-25(34)15-13-23)28-30(38-31)39(20-36-28)19-24-8-6-7-11-27(24)33/h3-15,20-22H,16-19H2,1-2H3,(H,35,37,38). The molecule has 2 atom stereocenters. The highest BCUT2D eigenvalue weighted by Crippen LogP contribution is 2.28. The minimum absolute atomic E-state index is 0.0955. The van der Waals surface area contributed by atoms with Crippen LogP contribution >= 0.6 is 11.6 Å². The molecule has 1 amide bonds. The van der Waals surface area contributed by atoms with E-state index in [1.807, 2.05) is 60.9 Å². The van der Waals surface area contributed by atoms with Crippen LogP contribution in [0.4, 0.5) is 21.0 Å². The molecule has 0 saturated carbocycles. The van der Waals surface area contributed by atoms with Gasteiger partial charge in [0, 0.05) is 36.7 Å². The first-order valence-corrected chi connectivity index (χ1v) is 14.5. The van der Waals surface area contributed by atoms with Crippen LogP contribution in [0.5, 0.6) is 5.75 Å². The molecule has 9 nitrogen and oxygen atoms in total. The van der Waals surface area contributed by atoms with E-state index in [1.165, 1.54) is 12.1 Å². The fraction of sp³-hybridized carbons (Fsp3) is 0.250. The van der Waals surface area contributed by atoms with Gasteiger partial charge in [-0.25, -0.2) is 14.2 Å². The lowest BCUT2D eigenvalue weighted by molar-refractivity contribution is 0.120. The van der Waals surface area contributed by atoms with Gasteiger partial charge in [-0.1, -0.05) is 60.1 Å². The molecule has 1 fully saturated rings. The number of hydrogen-bond donors (Lipinski definition) is 1. The third-order valence-electron chi connectivity index (χ3n) is 7.55. The predicted octanol–water partition coefficient (Wildman–Crippen LogP) is 6.38. The molecule has 1 aliphatic rings. The maximum atomic E-state index is 13.5. The third-order valence-corrected chi connectivity index (χ3v) is 7.92. The van der Waals surface area contributed by atoms with Crippen molar-refractivity contribution in [3.63, 3.8) is 0 Å². The molecular weight excluding hydrogens is 569 g/mol. The van der Waals surface area contributed by atoms with Gasteiger partial charge >= 0.3 is 6.09 Å². The maximum Gasteiger partial charge on any atom is 0.415 e. The number of halogens is 2. The molecule has 43 heavy (non-hydrogen) atoms. The molecule has 2 unspecified atom stereocenters. The van der Waals surface area contributed by atoms with Gasteiger partial charge in [-0.3, -0.25) is 0 Å². The summed E-state index contributed by atoms with van der Waals surface area (Å²) in [5.41, 5.74) is 3.11. The van der Waals surface area contributed by atoms with Gasteiger partial charge in [0.2, 0.25) is 5.95 Å². The van der Waals surface area contributed by atoms with Crippen molar-refractivity contribution in [1.82, 2.24) is 24.4 Å². The van der Waals surface area contributed by atoms with Crippen molar-refractivity contribution in [2.24, 2.45) is 0 Å². The molecule has 3 aromatic carbocycles. The highest BCUT2D eigenvalue weighted by atomic mass is 35.5. The number of carbonyl (C=O) groups is 1. The van der Waals surface area contributed by atoms with Crippen LogP contribution in [0.25, 0.3) is 11.2 Å². The van der Waals surface area contributed by atoms with E-state index in [2.05, 4.69) is 15.2 Å². The van der Waals surface area contributed by atoms with Crippen molar-refractivity contribution in [3.8, 4) is 5.75 Å². The number of fused-ring (bicyclic) bond motifs is 1. The van der Waals surface area contributed by atoms with E-state index in [0.29, 0.717) is 59.9 Å². The second-order valence-electron chi connectivity index (χ2n) is 10.7. The summed E-state index contributed by atoms with van der Waals surface area (Å²) in [6.45, 7) is 5.87. The minimum Gasteiger partial charge on any atom is -0.410 e. The first-order chi connectivity index (χ1) is 20.9. The predicted molar refractivity (Wildman–Crippen MR) is 165 cm³/mol. The number of carbonyl (C=O) groups excluding carboxylic acids is 1. The SMILES string of the molecule is CC1CN(c2nc(NCc3ccc(F)cc3)c3ncn(Cc4ccccc4Cl)c3n2)C(C)CN1C(=O)Oc1ccccc1. The average molecular weight is 600 g/mol. The summed E-state index contributed by atoms with van der Waals surface area (Å²) in [4.78, 5) is 31.4. The minimum atomic E-state index is -0.388. The molecule has 3 heterocycles. The van der Waals surface area contributed by atoms with Crippen LogP contribution < -0.4 is 15.0 Å². The first kappa shape index (κ1) is 28.4. The lowest BCUT2D eigenvalue weighted by Gasteiger charge is -2.43. The number of imidazole rings is 1. The van der Waals surface area contributed by atoms with Crippen LogP contribution in [0.2, 0.25) is 5.02 Å². The van der Waals surface area contributed by atoms with Gasteiger partial charge in [0.1, 0.15) is 11.6 Å². The van der Waals surface area contributed by atoms with E-state index >= 15 is 0 Å². The molecule has 1 saturated heterocycles. The van der Waals surface area contributed by atoms with Gasteiger partial charge in [0.15, 0.2) is 17.0 Å². The van der Waals surface area contributed by atoms with Crippen molar-refractivity contribution < 1.29 is 13.9 Å². The van der Waals surface area contributed by atoms with Crippen LogP contribution in [0, 0.1) is 5.82 Å². The Morgan fingerprint density at radius 1 is 0.977 bits per heavy atom. The first-order valence-electron chi connectivity index (χ1n) is 14.1. The highest BCUT2D eigenvalue weighted by Gasteiger charge is 2.35. The van der Waals surface area contributed by atoms with Crippen LogP contribution in [0.3, 0.4) is 0 Å². The smallest absolute Gasteiger partial charge is 0.410 e. The maximum absolute atomic E-state index is 13.5. The number of ether oxygens (including phenoxy) is 1. The Balaban J connectivity index is 1.30. The number of piperazine rings is 1. The summed E-state index contributed by atoms with van der Waals surface area (Å²) < 4.78 is 21.1. The lowest BCUT2D eigenvalue weighted by atomic mass is 10.1. The number of amides is 1. The lowest BCUT2D eigenvalue weighted by Crippen LogP contribution is -2.59. The Hall–Kier alpha value is -4.70. The quantitative estimate of drug-likeness (QED) is 0.232. The fourth-order valence-electron chi connectivity index (χ4n) is 5.21. The van der Waals surface area contributed by atoms with Crippen molar-refractivity contribution in [3.05, 3.63) is 107 Å². The average Bonchev–Trinajstić information content (AvgIpc) is 3.42. The van der Waals surface area contributed by atoms with E-state index in [-0.39, 0.29) is 24.0 Å². The van der Waals surface area contributed by atoms with Gasteiger partial charge in [-0.2, -0.15) is 9.97 Å². The molecule has 220 valence electrons. The molecular formula is C32H31ClFN7O2. The molecule has 0 spiro atoms. The summed E-state index contributed by atoms with van der Waals surface area (Å²) in [5.74, 6) is 1.30. The number of anilines is 2. The molecule has 0 bridgehead atoms. The monoisotopic (exact) mass is 599 g/mol. The zero-order valence-electron chi connectivity index (χ0n) is 23.8. The van der Waals surface area contributed by atoms with Gasteiger partial charge < -0.3 is 24.4 Å². The third kappa shape index (κ3) is 6.24. The van der Waals surface area contributed by atoms with E-state index in [0.717, 1.165) is 11.1 Å². The van der Waals surface area contributed by atoms with Crippen LogP contribution in [0.1, 0.15) is 25.0 Å². The summed E-state index contributed by atoms with van der Waals surface area (Å²) in [5, 5.41) is 4.05. The molecule has 1 aliphatic heterocycles. The van der Waals surface area contributed by atoms with Gasteiger partial charge in [0.25, 0.3) is 0 Å². The van der Waals surface area contributed by atoms with Crippen molar-refractivity contribution >= 4 is 40.6 Å². The van der Waals surface area contributed by atoms with Gasteiger partial charge in [-0.15, -0.1) is 0 Å². The van der Waals surface area contributed by atoms with Crippen molar-refractivity contribution in [1.29, 1.82) is 0 Å². The summed E-state index contributed by atoms with van der Waals surface area (Å²) >= 11 is 6.47. The van der Waals surface area contributed by atoms with E-state index < -0.39 is 0 Å². The topological polar surface area (TPSA) is 88.4 Å². The summed E-state index contributed by atoms with van der Waals surface area (Å²) in [7, 11) is 0. The Kier molecular flexibility index (Phi) is 8.11. The molecule has 6 rings (SSSR count). The van der Waals surface area contributed by atoms with Crippen LogP contribution in [0.15, 0.2) is 85.2 Å². The Bertz CT molecular complexity index is 1730. The van der Waals surface area contributed by atoms with Crippen LogP contribution in [-0.2, 0) is 13.1 Å². The number of aromatic nitrogens is 4. The Labute approximate surface area is 253 Å². The van der Waals surface area contributed by atoms with E-state index in [9.17, 15) is 9.18 Å². The molecule has 2 aromatic heterocycles. The van der Waals surface area contributed by atoms with Crippen molar-refractivity contribution in [2.45, 2.75) is 39.0 Å². The zero-order valence-corrected chi connectivity index (χ0v) is 24.6. The normalized spacial score (nSPS) is 16.8. The molecule has 11 heteroatoms. The van der Waals surface area contributed by atoms with Crippen LogP contribution in [-0.4, -0.2) is 55.7 Å². The summed E-state index contributed by atoms with van der Waals surface area (Å²) in [6.07, 6.45) is 1.35. The summed E-state index contributed by atoms with van der Waals surface area (Å²) in [6, 6.07) is 22.8. The largest absolute Gasteiger partial charge is 0.415 e. The molecule has 0 radical (unpaired) electrons. The van der Waals surface area contributed by atoms with E-state index in [4.69, 9.17) is 26.3 Å². The molecule has 0 aliphatic carbocycles. The molecule has 1 N–H and O–H groups in total. The molecule has 5 aromatic rings. The number of hydrogen-bond acceptors (Lipinski definition) is 7. The number of para-hydroxylation sites is 1. The second kappa shape index (κ2) is 12.3. The Morgan fingerprint density at radius 2 is 1.72 bits per heavy atom. The number of nitrogens with one attached hydrogen (secondary N) is 1.